The SMILES string of the molecule is Cc1ccccc1C(C)CC(=O)N[C@@H](C)CN.Cl. The molecular weight excluding hydrogens is 248 g/mol. The molecule has 2 atom stereocenters. The van der Waals surface area contributed by atoms with Crippen LogP contribution in [0.25, 0.3) is 0 Å². The fourth-order valence-corrected chi connectivity index (χ4v) is 1.92. The van der Waals surface area contributed by atoms with E-state index in [0.717, 1.165) is 0 Å². The summed E-state index contributed by atoms with van der Waals surface area (Å²) in [6.45, 7) is 6.54. The van der Waals surface area contributed by atoms with Gasteiger partial charge in [0.2, 0.25) is 5.91 Å². The standard InChI is InChI=1S/C14H22N2O.ClH/c1-10-6-4-5-7-13(10)11(2)8-14(17)16-12(3)9-15;/h4-7,11-12H,8-9,15H2,1-3H3,(H,16,17);1H/t11?,12-;/m0./s1. The van der Waals surface area contributed by atoms with Gasteiger partial charge < -0.3 is 11.1 Å². The number of halogens is 1. The van der Waals surface area contributed by atoms with Gasteiger partial charge in [-0.1, -0.05) is 31.2 Å². The summed E-state index contributed by atoms with van der Waals surface area (Å²) in [4.78, 5) is 11.7. The van der Waals surface area contributed by atoms with Crippen molar-refractivity contribution in [3.05, 3.63) is 35.4 Å². The Kier molecular flexibility index (Phi) is 7.64. The number of hydrogen-bond acceptors (Lipinski definition) is 2. The lowest BCUT2D eigenvalue weighted by molar-refractivity contribution is -0.121. The van der Waals surface area contributed by atoms with Gasteiger partial charge >= 0.3 is 0 Å². The fraction of sp³-hybridized carbons (Fsp3) is 0.500. The minimum Gasteiger partial charge on any atom is -0.352 e. The third-order valence-corrected chi connectivity index (χ3v) is 2.97. The third-order valence-electron chi connectivity index (χ3n) is 2.97. The topological polar surface area (TPSA) is 55.1 Å². The van der Waals surface area contributed by atoms with Crippen molar-refractivity contribution in [3.8, 4) is 0 Å². The van der Waals surface area contributed by atoms with Crippen molar-refractivity contribution >= 4 is 18.3 Å². The van der Waals surface area contributed by atoms with Crippen LogP contribution in [0.3, 0.4) is 0 Å². The molecule has 18 heavy (non-hydrogen) atoms. The van der Waals surface area contributed by atoms with Gasteiger partial charge in [0.15, 0.2) is 0 Å². The average Bonchev–Trinajstić information content (AvgIpc) is 2.29. The Labute approximate surface area is 116 Å². The second-order valence-electron chi connectivity index (χ2n) is 4.67. The molecule has 1 aromatic carbocycles. The number of rotatable bonds is 5. The monoisotopic (exact) mass is 270 g/mol. The first kappa shape index (κ1) is 16.9. The highest BCUT2D eigenvalue weighted by molar-refractivity contribution is 5.85. The molecule has 0 aromatic heterocycles. The fourth-order valence-electron chi connectivity index (χ4n) is 1.92. The molecule has 0 saturated heterocycles. The quantitative estimate of drug-likeness (QED) is 0.863. The number of carbonyl (C=O) groups is 1. The molecule has 1 rings (SSSR count). The average molecular weight is 271 g/mol. The van der Waals surface area contributed by atoms with E-state index in [1.165, 1.54) is 11.1 Å². The van der Waals surface area contributed by atoms with Crippen molar-refractivity contribution in [1.29, 1.82) is 0 Å². The summed E-state index contributed by atoms with van der Waals surface area (Å²) in [5, 5.41) is 2.89. The van der Waals surface area contributed by atoms with Crippen molar-refractivity contribution in [1.82, 2.24) is 5.32 Å². The number of amides is 1. The molecule has 0 bridgehead atoms. The van der Waals surface area contributed by atoms with E-state index in [1.54, 1.807) is 0 Å². The zero-order valence-corrected chi connectivity index (χ0v) is 12.1. The second kappa shape index (κ2) is 8.11. The zero-order valence-electron chi connectivity index (χ0n) is 11.3. The lowest BCUT2D eigenvalue weighted by Gasteiger charge is -2.16. The van der Waals surface area contributed by atoms with E-state index in [2.05, 4.69) is 31.3 Å². The summed E-state index contributed by atoms with van der Waals surface area (Å²) in [6.07, 6.45) is 0.509. The van der Waals surface area contributed by atoms with E-state index in [0.29, 0.717) is 13.0 Å². The number of aryl methyl sites for hydroxylation is 1. The summed E-state index contributed by atoms with van der Waals surface area (Å²) in [6, 6.07) is 8.24. The van der Waals surface area contributed by atoms with Gasteiger partial charge in [0.1, 0.15) is 0 Å². The van der Waals surface area contributed by atoms with Crippen LogP contribution in [0.5, 0.6) is 0 Å². The lowest BCUT2D eigenvalue weighted by Crippen LogP contribution is -2.38. The van der Waals surface area contributed by atoms with Crippen molar-refractivity contribution in [2.45, 2.75) is 39.2 Å². The van der Waals surface area contributed by atoms with Gasteiger partial charge in [0.25, 0.3) is 0 Å². The molecule has 4 heteroatoms. The molecule has 0 spiro atoms. The highest BCUT2D eigenvalue weighted by Crippen LogP contribution is 2.22. The first-order chi connectivity index (χ1) is 8.04. The molecular formula is C14H23ClN2O. The Morgan fingerprint density at radius 1 is 1.33 bits per heavy atom. The number of nitrogens with one attached hydrogen (secondary N) is 1. The van der Waals surface area contributed by atoms with E-state index >= 15 is 0 Å². The van der Waals surface area contributed by atoms with Crippen LogP contribution in [-0.2, 0) is 4.79 Å². The molecule has 0 aliphatic carbocycles. The lowest BCUT2D eigenvalue weighted by atomic mass is 9.93. The normalized spacial score (nSPS) is 13.3. The van der Waals surface area contributed by atoms with Crippen molar-refractivity contribution in [3.63, 3.8) is 0 Å². The van der Waals surface area contributed by atoms with Crippen LogP contribution < -0.4 is 11.1 Å². The number of hydrogen-bond donors (Lipinski definition) is 2. The van der Waals surface area contributed by atoms with Crippen LogP contribution in [0.4, 0.5) is 0 Å². The van der Waals surface area contributed by atoms with Crippen molar-refractivity contribution in [2.24, 2.45) is 5.73 Å². The summed E-state index contributed by atoms with van der Waals surface area (Å²) in [5.41, 5.74) is 7.95. The molecule has 102 valence electrons. The molecule has 1 aromatic rings. The van der Waals surface area contributed by atoms with Crippen LogP contribution in [0.2, 0.25) is 0 Å². The Balaban J connectivity index is 0.00000289. The zero-order chi connectivity index (χ0) is 12.8. The maximum atomic E-state index is 11.7. The first-order valence-corrected chi connectivity index (χ1v) is 6.09. The van der Waals surface area contributed by atoms with Crippen LogP contribution in [-0.4, -0.2) is 18.5 Å². The van der Waals surface area contributed by atoms with Gasteiger partial charge in [-0.2, -0.15) is 0 Å². The molecule has 0 aliphatic heterocycles. The maximum Gasteiger partial charge on any atom is 0.220 e. The maximum absolute atomic E-state index is 11.7. The highest BCUT2D eigenvalue weighted by atomic mass is 35.5. The predicted octanol–water partition coefficient (Wildman–Crippen LogP) is 2.37. The van der Waals surface area contributed by atoms with Crippen LogP contribution in [0.1, 0.15) is 37.3 Å². The van der Waals surface area contributed by atoms with Crippen LogP contribution in [0, 0.1) is 6.92 Å². The Bertz CT molecular complexity index is 382. The molecule has 0 fully saturated rings. The Hall–Kier alpha value is -1.06. The molecule has 0 saturated carbocycles. The van der Waals surface area contributed by atoms with Crippen molar-refractivity contribution in [2.75, 3.05) is 6.54 Å². The molecule has 1 unspecified atom stereocenters. The highest BCUT2D eigenvalue weighted by Gasteiger charge is 2.13. The van der Waals surface area contributed by atoms with Gasteiger partial charge in [-0.05, 0) is 30.9 Å². The summed E-state index contributed by atoms with van der Waals surface area (Å²) in [7, 11) is 0. The smallest absolute Gasteiger partial charge is 0.220 e. The van der Waals surface area contributed by atoms with E-state index in [4.69, 9.17) is 5.73 Å². The van der Waals surface area contributed by atoms with E-state index in [1.807, 2.05) is 19.1 Å². The third kappa shape index (κ3) is 5.07. The number of carbonyl (C=O) groups excluding carboxylic acids is 1. The number of benzene rings is 1. The largest absolute Gasteiger partial charge is 0.352 e. The molecule has 1 amide bonds. The van der Waals surface area contributed by atoms with Gasteiger partial charge in [0.05, 0.1) is 0 Å². The van der Waals surface area contributed by atoms with E-state index in [-0.39, 0.29) is 30.3 Å². The summed E-state index contributed by atoms with van der Waals surface area (Å²) in [5.74, 6) is 0.305. The Morgan fingerprint density at radius 3 is 2.50 bits per heavy atom. The van der Waals surface area contributed by atoms with Gasteiger partial charge in [-0.25, -0.2) is 0 Å². The summed E-state index contributed by atoms with van der Waals surface area (Å²) >= 11 is 0. The van der Waals surface area contributed by atoms with Gasteiger partial charge in [0, 0.05) is 19.0 Å². The Morgan fingerprint density at radius 2 is 1.94 bits per heavy atom. The minimum absolute atomic E-state index is 0. The van der Waals surface area contributed by atoms with Crippen LogP contribution >= 0.6 is 12.4 Å². The number of nitrogens with two attached hydrogens (primary N) is 1. The van der Waals surface area contributed by atoms with Gasteiger partial charge in [-0.3, -0.25) is 4.79 Å². The summed E-state index contributed by atoms with van der Waals surface area (Å²) < 4.78 is 0. The first-order valence-electron chi connectivity index (χ1n) is 6.09. The van der Waals surface area contributed by atoms with Crippen molar-refractivity contribution < 1.29 is 4.79 Å². The van der Waals surface area contributed by atoms with E-state index < -0.39 is 0 Å². The molecule has 0 radical (unpaired) electrons. The molecule has 3 nitrogen and oxygen atoms in total. The second-order valence-corrected chi connectivity index (χ2v) is 4.67. The molecule has 0 aliphatic rings. The molecule has 3 N–H and O–H groups in total. The minimum atomic E-state index is 0. The molecule has 0 heterocycles. The predicted molar refractivity (Wildman–Crippen MR) is 78.1 cm³/mol. The van der Waals surface area contributed by atoms with Gasteiger partial charge in [-0.15, -0.1) is 12.4 Å². The van der Waals surface area contributed by atoms with E-state index in [9.17, 15) is 4.79 Å². The van der Waals surface area contributed by atoms with Crippen LogP contribution in [0.15, 0.2) is 24.3 Å².